The Morgan fingerprint density at radius 1 is 1.36 bits per heavy atom. The van der Waals surface area contributed by atoms with E-state index in [0.717, 1.165) is 28.4 Å². The molecule has 0 saturated heterocycles. The Balaban J connectivity index is 1.58. The average molecular weight is 412 g/mol. The van der Waals surface area contributed by atoms with Crippen LogP contribution >= 0.6 is 15.9 Å². The number of aromatic nitrogens is 2. The summed E-state index contributed by atoms with van der Waals surface area (Å²) in [5.41, 5.74) is 1.38. The lowest BCUT2D eigenvalue weighted by Gasteiger charge is -2.20. The Bertz CT molecular complexity index is 755. The van der Waals surface area contributed by atoms with Crippen molar-refractivity contribution in [1.82, 2.24) is 20.2 Å². The highest BCUT2D eigenvalue weighted by Crippen LogP contribution is 2.49. The van der Waals surface area contributed by atoms with Gasteiger partial charge < -0.3 is 10.6 Å². The second kappa shape index (κ2) is 7.51. The number of guanidine groups is 1. The van der Waals surface area contributed by atoms with Crippen molar-refractivity contribution in [2.75, 3.05) is 13.6 Å². The first-order valence-corrected chi connectivity index (χ1v) is 8.84. The third kappa shape index (κ3) is 4.00. The molecule has 25 heavy (non-hydrogen) atoms. The molecule has 5 nitrogen and oxygen atoms in total. The SMILES string of the molecule is CN=C(NCc1nccn1C(F)F)NCC1(c2ccccc2Br)CC1. The molecule has 1 aliphatic carbocycles. The molecule has 0 spiro atoms. The Morgan fingerprint density at radius 2 is 2.12 bits per heavy atom. The van der Waals surface area contributed by atoms with Crippen molar-refractivity contribution in [3.8, 4) is 0 Å². The molecule has 0 aliphatic heterocycles. The minimum Gasteiger partial charge on any atom is -0.356 e. The number of nitrogens with one attached hydrogen (secondary N) is 2. The van der Waals surface area contributed by atoms with E-state index in [0.29, 0.717) is 5.96 Å². The van der Waals surface area contributed by atoms with E-state index in [-0.39, 0.29) is 17.8 Å². The van der Waals surface area contributed by atoms with E-state index >= 15 is 0 Å². The molecule has 0 radical (unpaired) electrons. The van der Waals surface area contributed by atoms with Gasteiger partial charge in [-0.15, -0.1) is 0 Å². The number of halogens is 3. The highest BCUT2D eigenvalue weighted by molar-refractivity contribution is 9.10. The number of hydrogen-bond donors (Lipinski definition) is 2. The van der Waals surface area contributed by atoms with E-state index in [1.807, 2.05) is 18.2 Å². The van der Waals surface area contributed by atoms with E-state index in [1.54, 1.807) is 7.05 Å². The number of benzene rings is 1. The Labute approximate surface area is 153 Å². The second-order valence-electron chi connectivity index (χ2n) is 6.07. The largest absolute Gasteiger partial charge is 0.356 e. The molecule has 134 valence electrons. The lowest BCUT2D eigenvalue weighted by Crippen LogP contribution is -2.41. The van der Waals surface area contributed by atoms with E-state index < -0.39 is 6.55 Å². The summed E-state index contributed by atoms with van der Waals surface area (Å²) in [6.07, 6.45) is 4.85. The van der Waals surface area contributed by atoms with Crippen LogP contribution in [0.5, 0.6) is 0 Å². The van der Waals surface area contributed by atoms with Crippen molar-refractivity contribution < 1.29 is 8.78 Å². The monoisotopic (exact) mass is 411 g/mol. The van der Waals surface area contributed by atoms with Gasteiger partial charge in [-0.3, -0.25) is 9.56 Å². The quantitative estimate of drug-likeness (QED) is 0.565. The Kier molecular flexibility index (Phi) is 5.36. The molecule has 8 heteroatoms. The molecule has 2 aromatic rings. The van der Waals surface area contributed by atoms with Gasteiger partial charge in [0.25, 0.3) is 0 Å². The molecule has 0 atom stereocenters. The summed E-state index contributed by atoms with van der Waals surface area (Å²) < 4.78 is 27.6. The molecular weight excluding hydrogens is 392 g/mol. The number of nitrogens with zero attached hydrogens (tertiary/aromatic N) is 3. The maximum absolute atomic E-state index is 12.9. The third-order valence-electron chi connectivity index (χ3n) is 4.49. The molecule has 1 fully saturated rings. The van der Waals surface area contributed by atoms with Crippen LogP contribution in [0.1, 0.15) is 30.8 Å². The van der Waals surface area contributed by atoms with E-state index in [4.69, 9.17) is 0 Å². The fourth-order valence-corrected chi connectivity index (χ4v) is 3.58. The highest BCUT2D eigenvalue weighted by atomic mass is 79.9. The molecule has 0 unspecified atom stereocenters. The molecule has 0 amide bonds. The predicted octanol–water partition coefficient (Wildman–Crippen LogP) is 3.44. The van der Waals surface area contributed by atoms with Crippen LogP contribution in [-0.2, 0) is 12.0 Å². The number of rotatable bonds is 6. The molecule has 3 rings (SSSR count). The van der Waals surface area contributed by atoms with Crippen molar-refractivity contribution in [3.63, 3.8) is 0 Å². The van der Waals surface area contributed by atoms with Gasteiger partial charge in [-0.25, -0.2) is 4.98 Å². The molecule has 1 heterocycles. The van der Waals surface area contributed by atoms with Crippen LogP contribution in [0.2, 0.25) is 0 Å². The number of alkyl halides is 2. The van der Waals surface area contributed by atoms with Gasteiger partial charge in [-0.1, -0.05) is 34.1 Å². The van der Waals surface area contributed by atoms with E-state index in [9.17, 15) is 8.78 Å². The molecule has 1 aromatic carbocycles. The van der Waals surface area contributed by atoms with Crippen LogP contribution < -0.4 is 10.6 Å². The summed E-state index contributed by atoms with van der Waals surface area (Å²) in [7, 11) is 1.66. The van der Waals surface area contributed by atoms with Gasteiger partial charge in [0, 0.05) is 35.9 Å². The first kappa shape index (κ1) is 17.8. The zero-order valence-corrected chi connectivity index (χ0v) is 15.4. The molecule has 1 aromatic heterocycles. The van der Waals surface area contributed by atoms with E-state index in [2.05, 4.69) is 42.6 Å². The van der Waals surface area contributed by atoms with Gasteiger partial charge in [0.15, 0.2) is 5.96 Å². The summed E-state index contributed by atoms with van der Waals surface area (Å²) in [4.78, 5) is 8.12. The predicted molar refractivity (Wildman–Crippen MR) is 96.7 cm³/mol. The first-order chi connectivity index (χ1) is 12.1. The third-order valence-corrected chi connectivity index (χ3v) is 5.18. The molecule has 1 aliphatic rings. The lowest BCUT2D eigenvalue weighted by molar-refractivity contribution is 0.0668. The van der Waals surface area contributed by atoms with Gasteiger partial charge >= 0.3 is 6.55 Å². The second-order valence-corrected chi connectivity index (χ2v) is 6.92. The highest BCUT2D eigenvalue weighted by Gasteiger charge is 2.45. The standard InChI is InChI=1S/C17H20BrF2N5/c1-21-16(23-10-14-22-8-9-25(14)15(19)20)24-11-17(6-7-17)12-4-2-3-5-13(12)18/h2-5,8-9,15H,6-7,10-11H2,1H3,(H2,21,23,24). The minimum absolute atomic E-state index is 0.0964. The molecule has 0 bridgehead atoms. The van der Waals surface area contributed by atoms with Crippen molar-refractivity contribution in [1.29, 1.82) is 0 Å². The summed E-state index contributed by atoms with van der Waals surface area (Å²) in [5.74, 6) is 0.840. The summed E-state index contributed by atoms with van der Waals surface area (Å²) >= 11 is 3.62. The summed E-state index contributed by atoms with van der Waals surface area (Å²) in [5, 5.41) is 6.35. The van der Waals surface area contributed by atoms with Crippen LogP contribution in [0.25, 0.3) is 0 Å². The maximum atomic E-state index is 12.9. The zero-order valence-electron chi connectivity index (χ0n) is 13.8. The van der Waals surface area contributed by atoms with E-state index in [1.165, 1.54) is 18.0 Å². The molecule has 1 saturated carbocycles. The summed E-state index contributed by atoms with van der Waals surface area (Å²) in [6.45, 7) is -1.68. The van der Waals surface area contributed by atoms with Crippen LogP contribution in [0, 0.1) is 0 Å². The minimum atomic E-state index is -2.60. The molecule has 2 N–H and O–H groups in total. The van der Waals surface area contributed by atoms with Gasteiger partial charge in [0.2, 0.25) is 0 Å². The number of imidazole rings is 1. The first-order valence-electron chi connectivity index (χ1n) is 8.05. The van der Waals surface area contributed by atoms with Gasteiger partial charge in [-0.2, -0.15) is 8.78 Å². The van der Waals surface area contributed by atoms with Crippen molar-refractivity contribution in [2.45, 2.75) is 31.4 Å². The Hall–Kier alpha value is -1.96. The molecular formula is C17H20BrF2N5. The Morgan fingerprint density at radius 3 is 2.76 bits per heavy atom. The van der Waals surface area contributed by atoms with Gasteiger partial charge in [0.05, 0.1) is 6.54 Å². The van der Waals surface area contributed by atoms with Gasteiger partial charge in [-0.05, 0) is 24.5 Å². The van der Waals surface area contributed by atoms with Gasteiger partial charge in [0.1, 0.15) is 5.82 Å². The maximum Gasteiger partial charge on any atom is 0.319 e. The topological polar surface area (TPSA) is 54.2 Å². The summed E-state index contributed by atoms with van der Waals surface area (Å²) in [6, 6.07) is 8.22. The van der Waals surface area contributed by atoms with Crippen LogP contribution in [0.4, 0.5) is 8.78 Å². The average Bonchev–Trinajstić information content (AvgIpc) is 3.23. The normalized spacial score (nSPS) is 16.1. The zero-order chi connectivity index (χ0) is 17.9. The number of hydrogen-bond acceptors (Lipinski definition) is 2. The fraction of sp³-hybridized carbons (Fsp3) is 0.412. The van der Waals surface area contributed by atoms with Crippen molar-refractivity contribution >= 4 is 21.9 Å². The van der Waals surface area contributed by atoms with Crippen LogP contribution in [0.3, 0.4) is 0 Å². The lowest BCUT2D eigenvalue weighted by atomic mass is 9.96. The van der Waals surface area contributed by atoms with Crippen molar-refractivity contribution in [3.05, 3.63) is 52.5 Å². The fourth-order valence-electron chi connectivity index (χ4n) is 2.88. The van der Waals surface area contributed by atoms with Crippen LogP contribution in [0.15, 0.2) is 46.1 Å². The number of aliphatic imine (C=N–C) groups is 1. The van der Waals surface area contributed by atoms with Crippen LogP contribution in [-0.4, -0.2) is 29.1 Å². The van der Waals surface area contributed by atoms with Crippen molar-refractivity contribution in [2.24, 2.45) is 4.99 Å². The smallest absolute Gasteiger partial charge is 0.319 e.